The summed E-state index contributed by atoms with van der Waals surface area (Å²) in [5.74, 6) is 0.411. The maximum absolute atomic E-state index is 12.9. The number of unbranched alkanes of at least 4 members (excludes halogenated alkanes) is 3. The predicted molar refractivity (Wildman–Crippen MR) is 105 cm³/mol. The van der Waals surface area contributed by atoms with E-state index in [4.69, 9.17) is 4.74 Å². The Morgan fingerprint density at radius 2 is 1.88 bits per heavy atom. The summed E-state index contributed by atoms with van der Waals surface area (Å²) in [5, 5.41) is 0. The molecule has 2 rings (SSSR count). The first-order valence-electron chi connectivity index (χ1n) is 10.5. The molecule has 0 spiro atoms. The molecule has 0 amide bonds. The van der Waals surface area contributed by atoms with Crippen molar-refractivity contribution >= 4 is 5.78 Å². The van der Waals surface area contributed by atoms with Crippen LogP contribution in [-0.2, 0) is 16.0 Å². The maximum Gasteiger partial charge on any atom is 0.142 e. The van der Waals surface area contributed by atoms with Crippen molar-refractivity contribution in [3.8, 4) is 0 Å². The smallest absolute Gasteiger partial charge is 0.142 e. The van der Waals surface area contributed by atoms with E-state index in [1.807, 2.05) is 0 Å². The van der Waals surface area contributed by atoms with Crippen LogP contribution in [0.1, 0.15) is 95.1 Å². The highest BCUT2D eigenvalue weighted by Crippen LogP contribution is 2.27. The molecule has 1 saturated heterocycles. The van der Waals surface area contributed by atoms with Crippen molar-refractivity contribution in [2.45, 2.75) is 96.5 Å². The quantitative estimate of drug-likeness (QED) is 0.445. The number of rotatable bonds is 11. The number of hydrogen-bond donors (Lipinski definition) is 0. The number of ketones is 1. The first-order chi connectivity index (χ1) is 12.2. The minimum absolute atomic E-state index is 0.0460. The number of aryl methyl sites for hydroxylation is 1. The predicted octanol–water partition coefficient (Wildman–Crippen LogP) is 6.22. The zero-order valence-corrected chi connectivity index (χ0v) is 16.3. The van der Waals surface area contributed by atoms with Crippen molar-refractivity contribution in [2.75, 3.05) is 6.61 Å². The van der Waals surface area contributed by atoms with Crippen LogP contribution < -0.4 is 0 Å². The summed E-state index contributed by atoms with van der Waals surface area (Å²) in [6.45, 7) is 5.24. The van der Waals surface area contributed by atoms with E-state index >= 15 is 0 Å². The van der Waals surface area contributed by atoms with Gasteiger partial charge in [-0.25, -0.2) is 0 Å². The van der Waals surface area contributed by atoms with Crippen LogP contribution in [0.4, 0.5) is 0 Å². The van der Waals surface area contributed by atoms with Crippen LogP contribution >= 0.6 is 0 Å². The van der Waals surface area contributed by atoms with Gasteiger partial charge >= 0.3 is 0 Å². The highest BCUT2D eigenvalue weighted by molar-refractivity contribution is 5.86. The van der Waals surface area contributed by atoms with E-state index in [9.17, 15) is 4.79 Å². The van der Waals surface area contributed by atoms with Crippen molar-refractivity contribution in [3.05, 3.63) is 35.4 Å². The molecule has 25 heavy (non-hydrogen) atoms. The van der Waals surface area contributed by atoms with Gasteiger partial charge in [0.05, 0.1) is 6.10 Å². The zero-order chi connectivity index (χ0) is 17.9. The maximum atomic E-state index is 12.9. The van der Waals surface area contributed by atoms with Gasteiger partial charge in [-0.3, -0.25) is 4.79 Å². The second-order valence-electron chi connectivity index (χ2n) is 7.55. The molecule has 0 bridgehead atoms. The molecule has 1 aliphatic rings. The van der Waals surface area contributed by atoms with Gasteiger partial charge in [0, 0.05) is 18.9 Å². The summed E-state index contributed by atoms with van der Waals surface area (Å²) < 4.78 is 5.78. The van der Waals surface area contributed by atoms with Gasteiger partial charge in [-0.15, -0.1) is 0 Å². The largest absolute Gasteiger partial charge is 0.378 e. The van der Waals surface area contributed by atoms with Crippen LogP contribution in [-0.4, -0.2) is 18.5 Å². The number of benzene rings is 1. The minimum Gasteiger partial charge on any atom is -0.378 e. The van der Waals surface area contributed by atoms with Crippen LogP contribution in [0.3, 0.4) is 0 Å². The molecule has 1 heterocycles. The lowest BCUT2D eigenvalue weighted by Gasteiger charge is -2.24. The third kappa shape index (κ3) is 6.93. The summed E-state index contributed by atoms with van der Waals surface area (Å²) in [5.41, 5.74) is 2.60. The monoisotopic (exact) mass is 344 g/mol. The third-order valence-electron chi connectivity index (χ3n) is 5.37. The molecular formula is C23H36O2. The lowest BCUT2D eigenvalue weighted by molar-refractivity contribution is -0.124. The van der Waals surface area contributed by atoms with Gasteiger partial charge in [-0.05, 0) is 49.7 Å². The SMILES string of the molecule is CCCCCCc1ccc(C(CCC)C(=O)CC2CCCCO2)cc1. The zero-order valence-electron chi connectivity index (χ0n) is 16.3. The highest BCUT2D eigenvalue weighted by atomic mass is 16.5. The van der Waals surface area contributed by atoms with E-state index in [1.165, 1.54) is 43.2 Å². The van der Waals surface area contributed by atoms with E-state index in [-0.39, 0.29) is 12.0 Å². The Bertz CT molecular complexity index is 485. The molecule has 1 fully saturated rings. The molecule has 1 aromatic rings. The van der Waals surface area contributed by atoms with Gasteiger partial charge in [0.2, 0.25) is 0 Å². The van der Waals surface area contributed by atoms with Crippen molar-refractivity contribution in [1.29, 1.82) is 0 Å². The fraction of sp³-hybridized carbons (Fsp3) is 0.696. The summed E-state index contributed by atoms with van der Waals surface area (Å²) in [7, 11) is 0. The highest BCUT2D eigenvalue weighted by Gasteiger charge is 2.24. The number of carbonyl (C=O) groups excluding carboxylic acids is 1. The molecule has 2 nitrogen and oxygen atoms in total. The van der Waals surface area contributed by atoms with Crippen LogP contribution in [0.15, 0.2) is 24.3 Å². The Balaban J connectivity index is 1.92. The molecule has 0 aromatic heterocycles. The van der Waals surface area contributed by atoms with Crippen LogP contribution in [0.2, 0.25) is 0 Å². The summed E-state index contributed by atoms with van der Waals surface area (Å²) in [6, 6.07) is 8.84. The average Bonchev–Trinajstić information content (AvgIpc) is 2.65. The van der Waals surface area contributed by atoms with E-state index in [0.29, 0.717) is 12.2 Å². The Morgan fingerprint density at radius 1 is 1.08 bits per heavy atom. The van der Waals surface area contributed by atoms with Gasteiger partial charge in [-0.2, -0.15) is 0 Å². The van der Waals surface area contributed by atoms with Crippen molar-refractivity contribution in [3.63, 3.8) is 0 Å². The molecule has 1 aromatic carbocycles. The van der Waals surface area contributed by atoms with Crippen LogP contribution in [0, 0.1) is 0 Å². The molecule has 2 unspecified atom stereocenters. The third-order valence-corrected chi connectivity index (χ3v) is 5.37. The van der Waals surface area contributed by atoms with Gasteiger partial charge in [0.15, 0.2) is 0 Å². The molecule has 2 heteroatoms. The standard InChI is InChI=1S/C23H36O2/c1-3-5-6-7-11-19-13-15-20(16-14-19)22(10-4-2)23(24)18-21-12-8-9-17-25-21/h13-16,21-22H,3-12,17-18H2,1-2H3. The van der Waals surface area contributed by atoms with Gasteiger partial charge in [-0.1, -0.05) is 63.8 Å². The first kappa shape index (κ1) is 20.2. The summed E-state index contributed by atoms with van der Waals surface area (Å²) >= 11 is 0. The molecule has 2 atom stereocenters. The molecule has 140 valence electrons. The normalized spacial score (nSPS) is 18.9. The Hall–Kier alpha value is -1.15. The number of hydrogen-bond acceptors (Lipinski definition) is 2. The Kier molecular flexibility index (Phi) is 9.25. The average molecular weight is 345 g/mol. The number of Topliss-reactive ketones (excluding diaryl/α,β-unsaturated/α-hetero) is 1. The summed E-state index contributed by atoms with van der Waals surface area (Å²) in [6.07, 6.45) is 12.5. The van der Waals surface area contributed by atoms with Crippen molar-refractivity contribution < 1.29 is 9.53 Å². The van der Waals surface area contributed by atoms with E-state index in [0.717, 1.165) is 38.7 Å². The van der Waals surface area contributed by atoms with Gasteiger partial charge < -0.3 is 4.74 Å². The van der Waals surface area contributed by atoms with Crippen molar-refractivity contribution in [2.24, 2.45) is 0 Å². The fourth-order valence-electron chi connectivity index (χ4n) is 3.81. The fourth-order valence-corrected chi connectivity index (χ4v) is 3.81. The first-order valence-corrected chi connectivity index (χ1v) is 10.5. The van der Waals surface area contributed by atoms with Gasteiger partial charge in [0.25, 0.3) is 0 Å². The second-order valence-corrected chi connectivity index (χ2v) is 7.55. The van der Waals surface area contributed by atoms with E-state index < -0.39 is 0 Å². The number of ether oxygens (including phenoxy) is 1. The number of carbonyl (C=O) groups is 1. The lowest BCUT2D eigenvalue weighted by Crippen LogP contribution is -2.25. The van der Waals surface area contributed by atoms with Crippen LogP contribution in [0.25, 0.3) is 0 Å². The Morgan fingerprint density at radius 3 is 2.52 bits per heavy atom. The molecular weight excluding hydrogens is 308 g/mol. The molecule has 0 N–H and O–H groups in total. The minimum atomic E-state index is 0.0460. The van der Waals surface area contributed by atoms with Gasteiger partial charge in [0.1, 0.15) is 5.78 Å². The molecule has 0 radical (unpaired) electrons. The Labute approximate surface area is 154 Å². The van der Waals surface area contributed by atoms with Crippen LogP contribution in [0.5, 0.6) is 0 Å². The van der Waals surface area contributed by atoms with Crippen molar-refractivity contribution in [1.82, 2.24) is 0 Å². The molecule has 1 aliphatic heterocycles. The molecule has 0 saturated carbocycles. The van der Waals surface area contributed by atoms with E-state index in [2.05, 4.69) is 38.1 Å². The topological polar surface area (TPSA) is 26.3 Å². The second kappa shape index (κ2) is 11.5. The molecule has 0 aliphatic carbocycles. The van der Waals surface area contributed by atoms with E-state index in [1.54, 1.807) is 0 Å². The lowest BCUT2D eigenvalue weighted by atomic mass is 9.86. The summed E-state index contributed by atoms with van der Waals surface area (Å²) in [4.78, 5) is 12.9.